The average Bonchev–Trinajstić information content (AvgIpc) is 3.36. The van der Waals surface area contributed by atoms with E-state index in [0.717, 1.165) is 41.7 Å². The summed E-state index contributed by atoms with van der Waals surface area (Å²) in [7, 11) is 1.92. The molecule has 2 N–H and O–H groups in total. The lowest BCUT2D eigenvalue weighted by atomic mass is 9.98. The van der Waals surface area contributed by atoms with E-state index in [0.29, 0.717) is 19.1 Å². The normalized spacial score (nSPS) is 22.3. The van der Waals surface area contributed by atoms with Crippen molar-refractivity contribution in [2.24, 2.45) is 7.05 Å². The Morgan fingerprint density at radius 2 is 2.25 bits per heavy atom. The van der Waals surface area contributed by atoms with Crippen molar-refractivity contribution in [3.63, 3.8) is 0 Å². The molecule has 5 rings (SSSR count). The Bertz CT molecular complexity index is 1010. The van der Waals surface area contributed by atoms with Gasteiger partial charge in [-0.15, -0.1) is 0 Å². The molecule has 1 aliphatic carbocycles. The van der Waals surface area contributed by atoms with Gasteiger partial charge in [-0.2, -0.15) is 5.10 Å². The first-order valence-electron chi connectivity index (χ1n) is 9.67. The molecule has 8 nitrogen and oxygen atoms in total. The highest BCUT2D eigenvalue weighted by atomic mass is 16.6. The van der Waals surface area contributed by atoms with Gasteiger partial charge >= 0.3 is 6.09 Å². The maximum atomic E-state index is 12.0. The van der Waals surface area contributed by atoms with Crippen molar-refractivity contribution in [3.05, 3.63) is 36.2 Å². The standard InChI is InChI=1S/C20H23N5O3/c1-25-18(4-5-22-25)17-8-13-6-14(9-21-19(13)24-17)12-2-3-16(7-12)28-20(26)23-15-10-27-11-15/h4-6,8-9,12,15-16H,2-3,7,10-11H2,1H3,(H,21,24)(H,23,26)/t12-,16+/m0/s1. The summed E-state index contributed by atoms with van der Waals surface area (Å²) in [4.78, 5) is 19.9. The number of ether oxygens (including phenoxy) is 2. The van der Waals surface area contributed by atoms with E-state index in [9.17, 15) is 4.79 Å². The molecule has 0 spiro atoms. The highest BCUT2D eigenvalue weighted by Gasteiger charge is 2.30. The van der Waals surface area contributed by atoms with Crippen LogP contribution in [0.1, 0.15) is 30.7 Å². The number of aryl methyl sites for hydroxylation is 1. The monoisotopic (exact) mass is 381 g/mol. The Morgan fingerprint density at radius 1 is 1.36 bits per heavy atom. The minimum absolute atomic E-state index is 0.0436. The van der Waals surface area contributed by atoms with E-state index in [1.807, 2.05) is 24.0 Å². The highest BCUT2D eigenvalue weighted by Crippen LogP contribution is 2.37. The van der Waals surface area contributed by atoms with E-state index in [1.165, 1.54) is 5.56 Å². The molecule has 28 heavy (non-hydrogen) atoms. The van der Waals surface area contributed by atoms with Gasteiger partial charge in [-0.3, -0.25) is 4.68 Å². The van der Waals surface area contributed by atoms with Gasteiger partial charge in [-0.1, -0.05) is 0 Å². The van der Waals surface area contributed by atoms with Gasteiger partial charge in [0.05, 0.1) is 30.6 Å². The first-order valence-corrected chi connectivity index (χ1v) is 9.67. The fourth-order valence-electron chi connectivity index (χ4n) is 4.05. The summed E-state index contributed by atoms with van der Waals surface area (Å²) in [5, 5.41) is 8.14. The minimum Gasteiger partial charge on any atom is -0.446 e. The van der Waals surface area contributed by atoms with Crippen LogP contribution in [-0.2, 0) is 16.5 Å². The summed E-state index contributed by atoms with van der Waals surface area (Å²) in [5.74, 6) is 0.358. The lowest BCUT2D eigenvalue weighted by Crippen LogP contribution is -2.49. The van der Waals surface area contributed by atoms with Crippen LogP contribution in [0, 0.1) is 0 Å². The number of fused-ring (bicyclic) bond motifs is 1. The molecule has 1 amide bonds. The topological polar surface area (TPSA) is 94.1 Å². The number of alkyl carbamates (subject to hydrolysis) is 1. The molecule has 1 saturated carbocycles. The molecule has 1 saturated heterocycles. The number of amides is 1. The van der Waals surface area contributed by atoms with Crippen LogP contribution in [0.15, 0.2) is 30.6 Å². The molecule has 1 aliphatic heterocycles. The second kappa shape index (κ2) is 6.94. The largest absolute Gasteiger partial charge is 0.446 e. The molecule has 0 aromatic carbocycles. The fourth-order valence-corrected chi connectivity index (χ4v) is 4.05. The Morgan fingerprint density at radius 3 is 3.00 bits per heavy atom. The second-order valence-electron chi connectivity index (χ2n) is 7.65. The number of pyridine rings is 1. The number of hydrogen-bond acceptors (Lipinski definition) is 5. The molecule has 2 atom stereocenters. The quantitative estimate of drug-likeness (QED) is 0.725. The van der Waals surface area contributed by atoms with Crippen LogP contribution in [0.4, 0.5) is 4.79 Å². The number of hydrogen-bond donors (Lipinski definition) is 2. The Balaban J connectivity index is 1.27. The molecule has 3 aromatic rings. The number of H-pyrrole nitrogens is 1. The van der Waals surface area contributed by atoms with Crippen molar-refractivity contribution in [1.82, 2.24) is 25.1 Å². The van der Waals surface area contributed by atoms with Gasteiger partial charge in [0.15, 0.2) is 0 Å². The van der Waals surface area contributed by atoms with Gasteiger partial charge in [-0.05, 0) is 48.9 Å². The molecule has 2 fully saturated rings. The van der Waals surface area contributed by atoms with Gasteiger partial charge in [-0.25, -0.2) is 9.78 Å². The second-order valence-corrected chi connectivity index (χ2v) is 7.65. The summed E-state index contributed by atoms with van der Waals surface area (Å²) < 4.78 is 12.5. The third-order valence-electron chi connectivity index (χ3n) is 5.68. The molecule has 146 valence electrons. The Labute approximate surface area is 162 Å². The van der Waals surface area contributed by atoms with Crippen LogP contribution in [-0.4, -0.2) is 51.2 Å². The first-order chi connectivity index (χ1) is 13.7. The van der Waals surface area contributed by atoms with Crippen LogP contribution in [0.2, 0.25) is 0 Å². The number of carbonyl (C=O) groups is 1. The first kappa shape index (κ1) is 17.2. The number of aromatic nitrogens is 4. The summed E-state index contributed by atoms with van der Waals surface area (Å²) in [6, 6.07) is 6.38. The third-order valence-corrected chi connectivity index (χ3v) is 5.68. The van der Waals surface area contributed by atoms with E-state index in [-0.39, 0.29) is 18.2 Å². The molecule has 2 aliphatic rings. The molecule has 8 heteroatoms. The van der Waals surface area contributed by atoms with Gasteiger partial charge in [0.25, 0.3) is 0 Å². The lowest BCUT2D eigenvalue weighted by molar-refractivity contribution is -0.00832. The zero-order valence-electron chi connectivity index (χ0n) is 15.7. The van der Waals surface area contributed by atoms with Crippen LogP contribution < -0.4 is 5.32 Å². The smallest absolute Gasteiger partial charge is 0.407 e. The van der Waals surface area contributed by atoms with Gasteiger partial charge in [0.1, 0.15) is 11.8 Å². The molecule has 0 radical (unpaired) electrons. The summed E-state index contributed by atoms with van der Waals surface area (Å²) in [6.07, 6.45) is 6.05. The van der Waals surface area contributed by atoms with E-state index >= 15 is 0 Å². The molecular weight excluding hydrogens is 358 g/mol. The van der Waals surface area contributed by atoms with E-state index < -0.39 is 0 Å². The van der Waals surface area contributed by atoms with Crippen molar-refractivity contribution < 1.29 is 14.3 Å². The van der Waals surface area contributed by atoms with E-state index in [1.54, 1.807) is 6.20 Å². The van der Waals surface area contributed by atoms with Crippen LogP contribution in [0.5, 0.6) is 0 Å². The van der Waals surface area contributed by atoms with Gasteiger partial charge in [0, 0.05) is 24.8 Å². The van der Waals surface area contributed by atoms with Gasteiger partial charge < -0.3 is 19.8 Å². The predicted molar refractivity (Wildman–Crippen MR) is 103 cm³/mol. The van der Waals surface area contributed by atoms with Crippen molar-refractivity contribution in [1.29, 1.82) is 0 Å². The highest BCUT2D eigenvalue weighted by molar-refractivity contribution is 5.82. The number of rotatable bonds is 4. The lowest BCUT2D eigenvalue weighted by Gasteiger charge is -2.27. The van der Waals surface area contributed by atoms with Crippen LogP contribution in [0.25, 0.3) is 22.4 Å². The van der Waals surface area contributed by atoms with Gasteiger partial charge in [0.2, 0.25) is 0 Å². The van der Waals surface area contributed by atoms with Crippen molar-refractivity contribution >= 4 is 17.1 Å². The summed E-state index contributed by atoms with van der Waals surface area (Å²) in [6.45, 7) is 1.15. The fraction of sp³-hybridized carbons (Fsp3) is 0.450. The minimum atomic E-state index is -0.334. The maximum Gasteiger partial charge on any atom is 0.407 e. The average molecular weight is 381 g/mol. The van der Waals surface area contributed by atoms with Crippen molar-refractivity contribution in [2.75, 3.05) is 13.2 Å². The summed E-state index contributed by atoms with van der Waals surface area (Å²) in [5.41, 5.74) is 4.09. The predicted octanol–water partition coefficient (Wildman–Crippen LogP) is 2.72. The molecule has 4 heterocycles. The van der Waals surface area contributed by atoms with E-state index in [4.69, 9.17) is 9.47 Å². The molecular formula is C20H23N5O3. The Kier molecular flexibility index (Phi) is 4.27. The number of nitrogens with zero attached hydrogens (tertiary/aromatic N) is 3. The van der Waals surface area contributed by atoms with Crippen LogP contribution in [0.3, 0.4) is 0 Å². The number of aromatic amines is 1. The molecule has 0 bridgehead atoms. The van der Waals surface area contributed by atoms with E-state index in [2.05, 4.69) is 32.5 Å². The Hall–Kier alpha value is -2.87. The molecule has 0 unspecified atom stereocenters. The zero-order chi connectivity index (χ0) is 19.1. The SMILES string of the molecule is Cn1nccc1-c1cc2cc([C@H]3CC[C@@H](OC(=O)NC4COC4)C3)cnc2[nH]1. The zero-order valence-corrected chi connectivity index (χ0v) is 15.7. The maximum absolute atomic E-state index is 12.0. The third kappa shape index (κ3) is 3.24. The molecule has 3 aromatic heterocycles. The van der Waals surface area contributed by atoms with Crippen molar-refractivity contribution in [3.8, 4) is 11.4 Å². The number of carbonyl (C=O) groups excluding carboxylic acids is 1. The number of nitrogens with one attached hydrogen (secondary N) is 2. The van der Waals surface area contributed by atoms with Crippen LogP contribution >= 0.6 is 0 Å². The summed E-state index contributed by atoms with van der Waals surface area (Å²) >= 11 is 0. The van der Waals surface area contributed by atoms with Crippen molar-refractivity contribution in [2.45, 2.75) is 37.3 Å².